The van der Waals surface area contributed by atoms with Crippen molar-refractivity contribution in [3.05, 3.63) is 30.0 Å². The fourth-order valence-corrected chi connectivity index (χ4v) is 13.7. The topological polar surface area (TPSA) is 83.2 Å². The maximum Gasteiger partial charge on any atom is 0.220 e. The number of aliphatic hydroxyl groups excluding tert-OH is 1. The molecule has 7 nitrogen and oxygen atoms in total. The number of hydrogen-bond donors (Lipinski definition) is 1. The standard InChI is InChI=1S/C33H61NO6Si2/c1-22(2)42(23(3)4,24(5)6)40-29-18-28(39-31(19-29)30-21-36-32(20-35)34-30)17-27-16-25(7)15-26(38-27)13-14-37-41(11,12)33(8,9)10/h21-24,26-29,31,35H,7,13-20H2,1-6,8-12H3/t26-,27+,28+,29+,31+/m0/s1. The lowest BCUT2D eigenvalue weighted by atomic mass is 9.91. The van der Waals surface area contributed by atoms with Crippen LogP contribution >= 0.6 is 0 Å². The van der Waals surface area contributed by atoms with Crippen LogP contribution in [0.2, 0.25) is 34.8 Å². The van der Waals surface area contributed by atoms with E-state index in [9.17, 15) is 5.11 Å². The minimum absolute atomic E-state index is 0.0266. The third-order valence-corrected chi connectivity index (χ3v) is 20.8. The van der Waals surface area contributed by atoms with Crippen molar-refractivity contribution in [2.75, 3.05) is 6.61 Å². The summed E-state index contributed by atoms with van der Waals surface area (Å²) in [5.41, 5.74) is 3.50. The van der Waals surface area contributed by atoms with E-state index in [1.165, 1.54) is 5.57 Å². The normalized spacial score (nSPS) is 26.5. The second-order valence-electron chi connectivity index (χ2n) is 15.3. The fourth-order valence-electron chi connectivity index (χ4n) is 7.01. The monoisotopic (exact) mass is 623 g/mol. The van der Waals surface area contributed by atoms with Gasteiger partial charge in [0.2, 0.25) is 14.2 Å². The van der Waals surface area contributed by atoms with Gasteiger partial charge in [0, 0.05) is 19.4 Å². The van der Waals surface area contributed by atoms with Crippen LogP contribution in [0.3, 0.4) is 0 Å². The quantitative estimate of drug-likeness (QED) is 0.174. The molecule has 1 aromatic rings. The smallest absolute Gasteiger partial charge is 0.220 e. The zero-order chi connectivity index (χ0) is 31.5. The first-order valence-corrected chi connectivity index (χ1v) is 21.4. The van der Waals surface area contributed by atoms with Gasteiger partial charge >= 0.3 is 0 Å². The van der Waals surface area contributed by atoms with Gasteiger partial charge < -0.3 is 27.8 Å². The molecule has 0 amide bonds. The molecule has 2 aliphatic heterocycles. The molecule has 5 atom stereocenters. The van der Waals surface area contributed by atoms with Crippen molar-refractivity contribution in [3.63, 3.8) is 0 Å². The molecular weight excluding hydrogens is 563 g/mol. The summed E-state index contributed by atoms with van der Waals surface area (Å²) in [5, 5.41) is 9.75. The largest absolute Gasteiger partial charge is 0.446 e. The summed E-state index contributed by atoms with van der Waals surface area (Å²) in [4.78, 5) is 4.52. The first kappa shape index (κ1) is 35.7. The number of oxazole rings is 1. The molecule has 9 heteroatoms. The van der Waals surface area contributed by atoms with E-state index >= 15 is 0 Å². The van der Waals surface area contributed by atoms with Crippen molar-refractivity contribution in [2.45, 2.75) is 173 Å². The van der Waals surface area contributed by atoms with Crippen molar-refractivity contribution in [1.29, 1.82) is 0 Å². The van der Waals surface area contributed by atoms with Crippen LogP contribution in [0.5, 0.6) is 0 Å². The van der Waals surface area contributed by atoms with Gasteiger partial charge in [-0.2, -0.15) is 0 Å². The highest BCUT2D eigenvalue weighted by Crippen LogP contribution is 2.46. The van der Waals surface area contributed by atoms with Gasteiger partial charge in [0.15, 0.2) is 8.32 Å². The number of ether oxygens (including phenoxy) is 2. The van der Waals surface area contributed by atoms with Gasteiger partial charge in [0.1, 0.15) is 24.7 Å². The SMILES string of the molecule is C=C1C[C@H](C[C@@H]2C[C@@H](O[Si](C(C)C)(C(C)C)C(C)C)C[C@H](c3coc(CO)n3)O2)O[C@@H](CCO[Si](C)(C)C(C)(C)C)C1. The highest BCUT2D eigenvalue weighted by molar-refractivity contribution is 6.77. The molecule has 42 heavy (non-hydrogen) atoms. The van der Waals surface area contributed by atoms with E-state index in [2.05, 4.69) is 87.0 Å². The Labute approximate surface area is 258 Å². The third-order valence-electron chi connectivity index (χ3n) is 10.1. The van der Waals surface area contributed by atoms with Crippen LogP contribution in [0.4, 0.5) is 0 Å². The average Bonchev–Trinajstić information content (AvgIpc) is 3.35. The molecule has 3 rings (SSSR count). The van der Waals surface area contributed by atoms with Crippen LogP contribution < -0.4 is 0 Å². The van der Waals surface area contributed by atoms with E-state index < -0.39 is 16.6 Å². The van der Waals surface area contributed by atoms with Crippen LogP contribution in [0.1, 0.15) is 119 Å². The summed E-state index contributed by atoms with van der Waals surface area (Å²) in [6, 6.07) is 0. The minimum Gasteiger partial charge on any atom is -0.446 e. The number of hydrogen-bond acceptors (Lipinski definition) is 7. The van der Waals surface area contributed by atoms with Gasteiger partial charge in [-0.3, -0.25) is 0 Å². The van der Waals surface area contributed by atoms with Gasteiger partial charge in [-0.15, -0.1) is 0 Å². The molecule has 2 aliphatic rings. The maximum atomic E-state index is 9.55. The van der Waals surface area contributed by atoms with Gasteiger partial charge in [-0.25, -0.2) is 4.98 Å². The summed E-state index contributed by atoms with van der Waals surface area (Å²) in [6.45, 7) is 30.3. The molecule has 2 saturated heterocycles. The first-order valence-electron chi connectivity index (χ1n) is 16.3. The zero-order valence-electron chi connectivity index (χ0n) is 28.5. The first-order chi connectivity index (χ1) is 19.5. The number of aliphatic hydroxyl groups is 1. The fraction of sp³-hybridized carbons (Fsp3) is 0.848. The average molecular weight is 624 g/mol. The lowest BCUT2D eigenvalue weighted by Gasteiger charge is -2.47. The predicted molar refractivity (Wildman–Crippen MR) is 175 cm³/mol. The number of rotatable bonds is 13. The summed E-state index contributed by atoms with van der Waals surface area (Å²) < 4.78 is 32.6. The van der Waals surface area contributed by atoms with E-state index in [1.807, 2.05) is 0 Å². The van der Waals surface area contributed by atoms with E-state index in [0.29, 0.717) is 22.5 Å². The Morgan fingerprint density at radius 1 is 0.976 bits per heavy atom. The molecule has 2 fully saturated rings. The molecule has 0 aliphatic carbocycles. The van der Waals surface area contributed by atoms with Crippen LogP contribution in [-0.4, -0.2) is 57.7 Å². The Hall–Kier alpha value is -0.816. The molecule has 1 N–H and O–H groups in total. The molecule has 0 aromatic carbocycles. The van der Waals surface area contributed by atoms with Gasteiger partial charge in [0.25, 0.3) is 0 Å². The van der Waals surface area contributed by atoms with Crippen molar-refractivity contribution in [1.82, 2.24) is 4.98 Å². The summed E-state index contributed by atoms with van der Waals surface area (Å²) in [7, 11) is -3.88. The maximum absolute atomic E-state index is 9.55. The van der Waals surface area contributed by atoms with E-state index in [0.717, 1.165) is 50.8 Å². The Kier molecular flexibility index (Phi) is 12.3. The molecule has 1 aromatic heterocycles. The molecule has 0 radical (unpaired) electrons. The van der Waals surface area contributed by atoms with E-state index in [4.69, 9.17) is 22.7 Å². The highest BCUT2D eigenvalue weighted by Gasteiger charge is 2.48. The van der Waals surface area contributed by atoms with Crippen LogP contribution in [0.15, 0.2) is 22.8 Å². The van der Waals surface area contributed by atoms with Crippen LogP contribution in [0, 0.1) is 0 Å². The molecule has 3 heterocycles. The summed E-state index contributed by atoms with van der Waals surface area (Å²) in [6.07, 6.45) is 6.62. The molecule has 242 valence electrons. The predicted octanol–water partition coefficient (Wildman–Crippen LogP) is 8.85. The summed E-state index contributed by atoms with van der Waals surface area (Å²) in [5.74, 6) is 0.318. The Morgan fingerprint density at radius 3 is 2.14 bits per heavy atom. The van der Waals surface area contributed by atoms with E-state index in [1.54, 1.807) is 6.26 Å². The second-order valence-corrected chi connectivity index (χ2v) is 25.5. The van der Waals surface area contributed by atoms with Crippen LogP contribution in [-0.2, 0) is 24.9 Å². The zero-order valence-corrected chi connectivity index (χ0v) is 30.5. The third kappa shape index (κ3) is 8.67. The van der Waals surface area contributed by atoms with Gasteiger partial charge in [0.05, 0.1) is 24.4 Å². The Balaban J connectivity index is 1.74. The van der Waals surface area contributed by atoms with Crippen molar-refractivity contribution in [3.8, 4) is 0 Å². The Bertz CT molecular complexity index is 979. The minimum atomic E-state index is -2.09. The molecule has 0 bridgehead atoms. The molecule has 0 spiro atoms. The number of nitrogens with zero attached hydrogens (tertiary/aromatic N) is 1. The summed E-state index contributed by atoms with van der Waals surface area (Å²) >= 11 is 0. The Morgan fingerprint density at radius 2 is 1.60 bits per heavy atom. The van der Waals surface area contributed by atoms with Crippen LogP contribution in [0.25, 0.3) is 0 Å². The lowest BCUT2D eigenvalue weighted by molar-refractivity contribution is -0.126. The van der Waals surface area contributed by atoms with E-state index in [-0.39, 0.29) is 42.2 Å². The number of aromatic nitrogens is 1. The van der Waals surface area contributed by atoms with Crippen molar-refractivity contribution >= 4 is 16.6 Å². The highest BCUT2D eigenvalue weighted by atomic mass is 28.4. The molecular formula is C33H61NO6Si2. The van der Waals surface area contributed by atoms with Crippen molar-refractivity contribution < 1.29 is 27.8 Å². The van der Waals surface area contributed by atoms with Gasteiger partial charge in [-0.1, -0.05) is 74.5 Å². The molecule has 0 unspecified atom stereocenters. The molecule has 0 saturated carbocycles. The van der Waals surface area contributed by atoms with Crippen molar-refractivity contribution in [2.24, 2.45) is 0 Å². The lowest BCUT2D eigenvalue weighted by Crippen LogP contribution is -2.52. The second kappa shape index (κ2) is 14.5. The van der Waals surface area contributed by atoms with Gasteiger partial charge in [-0.05, 0) is 60.4 Å².